The van der Waals surface area contributed by atoms with E-state index >= 15 is 0 Å². The van der Waals surface area contributed by atoms with Crippen molar-refractivity contribution >= 4 is 21.8 Å². The first-order valence-corrected chi connectivity index (χ1v) is 9.68. The Balaban J connectivity index is 2.18. The number of nitro benzene ring substituents is 1. The zero-order valence-corrected chi connectivity index (χ0v) is 15.9. The minimum Gasteiger partial charge on any atom is -0.444 e. The summed E-state index contributed by atoms with van der Waals surface area (Å²) < 4.78 is 32.2. The molecule has 0 N–H and O–H groups in total. The zero-order valence-electron chi connectivity index (χ0n) is 15.0. The van der Waals surface area contributed by atoms with Gasteiger partial charge in [0.05, 0.1) is 4.92 Å². The highest BCUT2D eigenvalue weighted by Crippen LogP contribution is 2.27. The van der Waals surface area contributed by atoms with Crippen LogP contribution in [0.25, 0.3) is 0 Å². The largest absolute Gasteiger partial charge is 0.444 e. The number of nitro groups is 1. The number of ether oxygens (including phenoxy) is 1. The van der Waals surface area contributed by atoms with Crippen LogP contribution in [0.5, 0.6) is 0 Å². The molecule has 0 spiro atoms. The van der Waals surface area contributed by atoms with Gasteiger partial charge in [0.25, 0.3) is 5.69 Å². The second kappa shape index (κ2) is 7.58. The summed E-state index contributed by atoms with van der Waals surface area (Å²) >= 11 is 0. The van der Waals surface area contributed by atoms with Crippen LogP contribution in [0.2, 0.25) is 0 Å². The molecule has 1 aromatic rings. The van der Waals surface area contributed by atoms with Gasteiger partial charge in [-0.05, 0) is 33.3 Å². The van der Waals surface area contributed by atoms with E-state index in [1.54, 1.807) is 20.8 Å². The Labute approximate surface area is 152 Å². The van der Waals surface area contributed by atoms with E-state index in [4.69, 9.17) is 4.74 Å². The van der Waals surface area contributed by atoms with Gasteiger partial charge in [-0.2, -0.15) is 4.31 Å². The molecule has 9 nitrogen and oxygen atoms in total. The summed E-state index contributed by atoms with van der Waals surface area (Å²) in [6.07, 6.45) is -0.0820. The first-order chi connectivity index (χ1) is 12.0. The number of sulfonamides is 1. The van der Waals surface area contributed by atoms with Crippen LogP contribution >= 0.6 is 0 Å². The molecule has 1 fully saturated rings. The monoisotopic (exact) mass is 385 g/mol. The Morgan fingerprint density at radius 3 is 2.42 bits per heavy atom. The van der Waals surface area contributed by atoms with Gasteiger partial charge in [-0.15, -0.1) is 0 Å². The van der Waals surface area contributed by atoms with Gasteiger partial charge in [-0.3, -0.25) is 10.1 Å². The van der Waals surface area contributed by atoms with Gasteiger partial charge in [0.15, 0.2) is 4.90 Å². The molecule has 0 unspecified atom stereocenters. The average Bonchev–Trinajstić information content (AvgIpc) is 2.80. The maximum atomic E-state index is 12.9. The van der Waals surface area contributed by atoms with E-state index in [0.29, 0.717) is 13.0 Å². The predicted octanol–water partition coefficient (Wildman–Crippen LogP) is 2.23. The lowest BCUT2D eigenvalue weighted by atomic mass is 10.2. The van der Waals surface area contributed by atoms with E-state index in [1.165, 1.54) is 27.4 Å². The van der Waals surface area contributed by atoms with Crippen LogP contribution in [0.4, 0.5) is 10.5 Å². The lowest BCUT2D eigenvalue weighted by molar-refractivity contribution is -0.387. The number of benzene rings is 1. The van der Waals surface area contributed by atoms with Crippen LogP contribution in [0, 0.1) is 10.1 Å². The first kappa shape index (κ1) is 20.1. The molecule has 1 amide bonds. The number of nitrogens with zero attached hydrogens (tertiary/aromatic N) is 3. The molecule has 1 aromatic carbocycles. The number of amides is 1. The maximum Gasteiger partial charge on any atom is 0.410 e. The van der Waals surface area contributed by atoms with Gasteiger partial charge in [-0.1, -0.05) is 12.1 Å². The number of para-hydroxylation sites is 1. The van der Waals surface area contributed by atoms with Crippen LogP contribution in [-0.2, 0) is 14.8 Å². The maximum absolute atomic E-state index is 12.9. The van der Waals surface area contributed by atoms with Crippen molar-refractivity contribution in [2.45, 2.75) is 37.7 Å². The molecule has 0 bridgehead atoms. The topological polar surface area (TPSA) is 110 Å². The summed E-state index contributed by atoms with van der Waals surface area (Å²) in [6.45, 7) is 6.02. The van der Waals surface area contributed by atoms with Crippen molar-refractivity contribution in [1.29, 1.82) is 0 Å². The van der Waals surface area contributed by atoms with E-state index < -0.39 is 32.3 Å². The fraction of sp³-hybridized carbons (Fsp3) is 0.562. The Bertz CT molecular complexity index is 787. The van der Waals surface area contributed by atoms with Gasteiger partial charge >= 0.3 is 6.09 Å². The summed E-state index contributed by atoms with van der Waals surface area (Å²) in [4.78, 5) is 23.7. The van der Waals surface area contributed by atoms with Gasteiger partial charge in [-0.25, -0.2) is 13.2 Å². The molecule has 26 heavy (non-hydrogen) atoms. The van der Waals surface area contributed by atoms with Crippen molar-refractivity contribution in [2.24, 2.45) is 0 Å². The van der Waals surface area contributed by atoms with Gasteiger partial charge in [0.1, 0.15) is 5.60 Å². The van der Waals surface area contributed by atoms with Crippen molar-refractivity contribution < 1.29 is 22.9 Å². The third kappa shape index (κ3) is 4.70. The minimum absolute atomic E-state index is 0.0492. The molecule has 1 aliphatic rings. The van der Waals surface area contributed by atoms with Crippen LogP contribution < -0.4 is 0 Å². The Morgan fingerprint density at radius 1 is 1.15 bits per heavy atom. The third-order valence-electron chi connectivity index (χ3n) is 3.79. The second-order valence-corrected chi connectivity index (χ2v) is 8.86. The molecule has 144 valence electrons. The summed E-state index contributed by atoms with van der Waals surface area (Å²) in [6, 6.07) is 5.26. The fourth-order valence-electron chi connectivity index (χ4n) is 2.61. The number of rotatable bonds is 3. The lowest BCUT2D eigenvalue weighted by Gasteiger charge is -2.26. The number of carbonyl (C=O) groups is 1. The molecular formula is C16H23N3O6S. The van der Waals surface area contributed by atoms with Crippen LogP contribution in [-0.4, -0.2) is 60.4 Å². The molecule has 0 aliphatic carbocycles. The van der Waals surface area contributed by atoms with E-state index in [2.05, 4.69) is 0 Å². The molecule has 1 heterocycles. The second-order valence-electron chi connectivity index (χ2n) is 6.95. The standard InChI is InChI=1S/C16H23N3O6S/c1-16(2,3)25-15(20)17-9-6-10-18(12-11-17)26(23,24)14-8-5-4-7-13(14)19(21)22/h4-5,7-8H,6,9-12H2,1-3H3. The molecule has 0 saturated carbocycles. The van der Waals surface area contributed by atoms with Crippen molar-refractivity contribution in [3.05, 3.63) is 34.4 Å². The Morgan fingerprint density at radius 2 is 1.81 bits per heavy atom. The minimum atomic E-state index is -4.03. The van der Waals surface area contributed by atoms with E-state index in [1.807, 2.05) is 0 Å². The molecule has 0 radical (unpaired) electrons. The van der Waals surface area contributed by atoms with Gasteiger partial charge in [0, 0.05) is 32.2 Å². The third-order valence-corrected chi connectivity index (χ3v) is 5.73. The zero-order chi connectivity index (χ0) is 19.5. The SMILES string of the molecule is CC(C)(C)OC(=O)N1CCCN(S(=O)(=O)c2ccccc2[N+](=O)[O-])CC1. The van der Waals surface area contributed by atoms with E-state index in [0.717, 1.165) is 6.07 Å². The van der Waals surface area contributed by atoms with Crippen LogP contribution in [0.1, 0.15) is 27.2 Å². The summed E-state index contributed by atoms with van der Waals surface area (Å²) in [5.41, 5.74) is -1.10. The van der Waals surface area contributed by atoms with Crippen LogP contribution in [0.3, 0.4) is 0 Å². The molecule has 1 saturated heterocycles. The molecule has 10 heteroatoms. The van der Waals surface area contributed by atoms with Crippen molar-refractivity contribution in [3.8, 4) is 0 Å². The summed E-state index contributed by atoms with van der Waals surface area (Å²) in [7, 11) is -4.03. The van der Waals surface area contributed by atoms with Crippen LogP contribution in [0.15, 0.2) is 29.2 Å². The predicted molar refractivity (Wildman–Crippen MR) is 94.3 cm³/mol. The average molecular weight is 385 g/mol. The highest BCUT2D eigenvalue weighted by Gasteiger charge is 2.33. The van der Waals surface area contributed by atoms with Gasteiger partial charge in [0.2, 0.25) is 10.0 Å². The number of carbonyl (C=O) groups excluding carboxylic acids is 1. The lowest BCUT2D eigenvalue weighted by Crippen LogP contribution is -2.40. The highest BCUT2D eigenvalue weighted by atomic mass is 32.2. The Kier molecular flexibility index (Phi) is 5.87. The summed E-state index contributed by atoms with van der Waals surface area (Å²) in [5, 5.41) is 11.1. The molecule has 0 aromatic heterocycles. The normalized spacial score (nSPS) is 16.8. The van der Waals surface area contributed by atoms with Crippen molar-refractivity contribution in [1.82, 2.24) is 9.21 Å². The Hall–Kier alpha value is -2.20. The van der Waals surface area contributed by atoms with Crippen molar-refractivity contribution in [3.63, 3.8) is 0 Å². The smallest absolute Gasteiger partial charge is 0.410 e. The van der Waals surface area contributed by atoms with E-state index in [-0.39, 0.29) is 24.5 Å². The van der Waals surface area contributed by atoms with Crippen molar-refractivity contribution in [2.75, 3.05) is 26.2 Å². The number of hydrogen-bond acceptors (Lipinski definition) is 6. The molecule has 2 rings (SSSR count). The highest BCUT2D eigenvalue weighted by molar-refractivity contribution is 7.89. The molecule has 0 atom stereocenters. The molecular weight excluding hydrogens is 362 g/mol. The first-order valence-electron chi connectivity index (χ1n) is 8.24. The van der Waals surface area contributed by atoms with Gasteiger partial charge < -0.3 is 9.64 Å². The quantitative estimate of drug-likeness (QED) is 0.583. The fourth-order valence-corrected chi connectivity index (χ4v) is 4.24. The number of hydrogen-bond donors (Lipinski definition) is 0. The molecule has 1 aliphatic heterocycles. The summed E-state index contributed by atoms with van der Waals surface area (Å²) in [5.74, 6) is 0. The van der Waals surface area contributed by atoms with E-state index in [9.17, 15) is 23.3 Å².